The summed E-state index contributed by atoms with van der Waals surface area (Å²) in [6, 6.07) is 10.1. The highest BCUT2D eigenvalue weighted by Crippen LogP contribution is 2.14. The lowest BCUT2D eigenvalue weighted by Gasteiger charge is -2.09. The fourth-order valence-electron chi connectivity index (χ4n) is 2.02. The first-order valence-electron chi connectivity index (χ1n) is 7.89. The Morgan fingerprint density at radius 2 is 1.73 bits per heavy atom. The predicted molar refractivity (Wildman–Crippen MR) is 94.0 cm³/mol. The van der Waals surface area contributed by atoms with E-state index in [0.717, 1.165) is 11.1 Å². The van der Waals surface area contributed by atoms with E-state index in [0.29, 0.717) is 5.75 Å². The third kappa shape index (κ3) is 5.82. The maximum atomic E-state index is 12.7. The molecular weight excluding hydrogens is 361 g/mol. The van der Waals surface area contributed by atoms with Crippen LogP contribution in [0.4, 0.5) is 4.39 Å². The molecule has 140 valence electrons. The highest BCUT2D eigenvalue weighted by molar-refractivity contribution is 7.89. The van der Waals surface area contributed by atoms with Crippen LogP contribution in [-0.4, -0.2) is 34.1 Å². The highest BCUT2D eigenvalue weighted by atomic mass is 32.2. The Balaban J connectivity index is 1.75. The first-order valence-corrected chi connectivity index (χ1v) is 9.37. The van der Waals surface area contributed by atoms with Crippen molar-refractivity contribution in [3.05, 3.63) is 59.4 Å². The minimum Gasteiger partial charge on any atom is -0.490 e. The van der Waals surface area contributed by atoms with Crippen LogP contribution in [-0.2, 0) is 19.6 Å². The molecule has 2 aromatic rings. The summed E-state index contributed by atoms with van der Waals surface area (Å²) < 4.78 is 49.4. The van der Waals surface area contributed by atoms with Crippen LogP contribution in [0.2, 0.25) is 0 Å². The topological polar surface area (TPSA) is 81.7 Å². The van der Waals surface area contributed by atoms with Crippen LogP contribution in [0.3, 0.4) is 0 Å². The SMILES string of the molecule is Cc1ccc(S(=O)(=O)NCC(=O)OCCOc2ccc(F)cc2)cc1C. The van der Waals surface area contributed by atoms with Gasteiger partial charge in [-0.1, -0.05) is 6.07 Å². The zero-order valence-electron chi connectivity index (χ0n) is 14.5. The zero-order valence-corrected chi connectivity index (χ0v) is 15.3. The minimum absolute atomic E-state index is 0.0540. The summed E-state index contributed by atoms with van der Waals surface area (Å²) in [5.74, 6) is -0.655. The average molecular weight is 381 g/mol. The van der Waals surface area contributed by atoms with Crippen molar-refractivity contribution in [3.63, 3.8) is 0 Å². The van der Waals surface area contributed by atoms with Crippen molar-refractivity contribution in [2.45, 2.75) is 18.7 Å². The Kier molecular flexibility index (Phi) is 6.70. The molecule has 0 aliphatic carbocycles. The number of halogens is 1. The number of benzene rings is 2. The number of ether oxygens (including phenoxy) is 2. The summed E-state index contributed by atoms with van der Waals surface area (Å²) in [6.45, 7) is 3.23. The van der Waals surface area contributed by atoms with Crippen LogP contribution in [0.25, 0.3) is 0 Å². The lowest BCUT2D eigenvalue weighted by Crippen LogP contribution is -2.31. The van der Waals surface area contributed by atoms with Crippen molar-refractivity contribution in [2.24, 2.45) is 0 Å². The number of carbonyl (C=O) groups excluding carboxylic acids is 1. The van der Waals surface area contributed by atoms with Gasteiger partial charge in [0.25, 0.3) is 0 Å². The standard InChI is InChI=1S/C18H20FNO5S/c1-13-3-8-17(11-14(13)2)26(22,23)20-12-18(21)25-10-9-24-16-6-4-15(19)5-7-16/h3-8,11,20H,9-10,12H2,1-2H3. The second-order valence-electron chi connectivity index (χ2n) is 5.59. The molecule has 0 fully saturated rings. The average Bonchev–Trinajstić information content (AvgIpc) is 2.61. The van der Waals surface area contributed by atoms with E-state index in [1.54, 1.807) is 12.1 Å². The molecule has 0 radical (unpaired) electrons. The summed E-state index contributed by atoms with van der Waals surface area (Å²) in [4.78, 5) is 11.7. The molecule has 0 bridgehead atoms. The number of nitrogens with one attached hydrogen (secondary N) is 1. The number of rotatable bonds is 8. The third-order valence-corrected chi connectivity index (χ3v) is 5.02. The summed E-state index contributed by atoms with van der Waals surface area (Å²) in [6.07, 6.45) is 0. The zero-order chi connectivity index (χ0) is 19.2. The van der Waals surface area contributed by atoms with E-state index in [2.05, 4.69) is 4.72 Å². The number of sulfonamides is 1. The quantitative estimate of drug-likeness (QED) is 0.561. The first-order chi connectivity index (χ1) is 12.3. The molecule has 0 aromatic heterocycles. The van der Waals surface area contributed by atoms with Crippen LogP contribution < -0.4 is 9.46 Å². The van der Waals surface area contributed by atoms with Crippen LogP contribution >= 0.6 is 0 Å². The minimum atomic E-state index is -3.79. The van der Waals surface area contributed by atoms with Crippen molar-refractivity contribution < 1.29 is 27.1 Å². The number of esters is 1. The molecule has 0 spiro atoms. The Hall–Kier alpha value is -2.45. The second-order valence-corrected chi connectivity index (χ2v) is 7.36. The number of aryl methyl sites for hydroxylation is 2. The van der Waals surface area contributed by atoms with E-state index in [1.807, 2.05) is 13.8 Å². The van der Waals surface area contributed by atoms with E-state index in [9.17, 15) is 17.6 Å². The van der Waals surface area contributed by atoms with E-state index < -0.39 is 22.5 Å². The van der Waals surface area contributed by atoms with E-state index >= 15 is 0 Å². The first kappa shape index (κ1) is 19.9. The van der Waals surface area contributed by atoms with E-state index in [4.69, 9.17) is 9.47 Å². The molecule has 26 heavy (non-hydrogen) atoms. The van der Waals surface area contributed by atoms with E-state index in [1.165, 1.54) is 30.3 Å². The molecule has 0 saturated carbocycles. The molecule has 0 aliphatic heterocycles. The summed E-state index contributed by atoms with van der Waals surface area (Å²) in [7, 11) is -3.79. The van der Waals surface area contributed by atoms with Gasteiger partial charge in [0, 0.05) is 0 Å². The smallest absolute Gasteiger partial charge is 0.321 e. The monoisotopic (exact) mass is 381 g/mol. The number of carbonyl (C=O) groups is 1. The Labute approximate surface area is 152 Å². The Morgan fingerprint density at radius 3 is 2.38 bits per heavy atom. The molecule has 2 aromatic carbocycles. The molecule has 2 rings (SSSR count). The van der Waals surface area contributed by atoms with Gasteiger partial charge in [0.05, 0.1) is 4.90 Å². The molecule has 0 unspecified atom stereocenters. The maximum absolute atomic E-state index is 12.7. The molecule has 0 atom stereocenters. The second kappa shape index (κ2) is 8.77. The van der Waals surface area contributed by atoms with Gasteiger partial charge in [-0.05, 0) is 61.4 Å². The molecule has 1 N–H and O–H groups in total. The van der Waals surface area contributed by atoms with Crippen LogP contribution in [0.5, 0.6) is 5.75 Å². The van der Waals surface area contributed by atoms with Crippen molar-refractivity contribution in [1.29, 1.82) is 0 Å². The lowest BCUT2D eigenvalue weighted by molar-refractivity contribution is -0.142. The number of hydrogen-bond donors (Lipinski definition) is 1. The predicted octanol–water partition coefficient (Wildman–Crippen LogP) is 2.34. The van der Waals surface area contributed by atoms with Gasteiger partial charge >= 0.3 is 5.97 Å². The summed E-state index contributed by atoms with van der Waals surface area (Å²) in [5.41, 5.74) is 1.82. The molecular formula is C18H20FNO5S. The molecule has 8 heteroatoms. The Bertz CT molecular complexity index is 866. The van der Waals surface area contributed by atoms with Gasteiger partial charge in [0.1, 0.15) is 31.3 Å². The molecule has 0 heterocycles. The van der Waals surface area contributed by atoms with Crippen LogP contribution in [0.1, 0.15) is 11.1 Å². The van der Waals surface area contributed by atoms with Crippen LogP contribution in [0.15, 0.2) is 47.4 Å². The van der Waals surface area contributed by atoms with Gasteiger partial charge in [-0.15, -0.1) is 0 Å². The molecule has 0 saturated heterocycles. The van der Waals surface area contributed by atoms with Gasteiger partial charge in [-0.25, -0.2) is 12.8 Å². The fourth-order valence-corrected chi connectivity index (χ4v) is 3.07. The molecule has 0 aliphatic rings. The van der Waals surface area contributed by atoms with E-state index in [-0.39, 0.29) is 23.9 Å². The fraction of sp³-hybridized carbons (Fsp3) is 0.278. The van der Waals surface area contributed by atoms with Gasteiger partial charge in [0.15, 0.2) is 0 Å². The van der Waals surface area contributed by atoms with Gasteiger partial charge in [-0.3, -0.25) is 4.79 Å². The lowest BCUT2D eigenvalue weighted by atomic mass is 10.1. The Morgan fingerprint density at radius 1 is 1.04 bits per heavy atom. The number of hydrogen-bond acceptors (Lipinski definition) is 5. The third-order valence-electron chi connectivity index (χ3n) is 3.62. The maximum Gasteiger partial charge on any atom is 0.321 e. The van der Waals surface area contributed by atoms with Gasteiger partial charge in [0.2, 0.25) is 10.0 Å². The molecule has 0 amide bonds. The van der Waals surface area contributed by atoms with Crippen molar-refractivity contribution >= 4 is 16.0 Å². The normalized spacial score (nSPS) is 11.2. The van der Waals surface area contributed by atoms with Crippen molar-refractivity contribution in [2.75, 3.05) is 19.8 Å². The van der Waals surface area contributed by atoms with Gasteiger partial charge < -0.3 is 9.47 Å². The summed E-state index contributed by atoms with van der Waals surface area (Å²) >= 11 is 0. The largest absolute Gasteiger partial charge is 0.490 e. The van der Waals surface area contributed by atoms with Crippen molar-refractivity contribution in [3.8, 4) is 5.75 Å². The van der Waals surface area contributed by atoms with Gasteiger partial charge in [-0.2, -0.15) is 4.72 Å². The summed E-state index contributed by atoms with van der Waals surface area (Å²) in [5, 5.41) is 0. The highest BCUT2D eigenvalue weighted by Gasteiger charge is 2.16. The van der Waals surface area contributed by atoms with Crippen molar-refractivity contribution in [1.82, 2.24) is 4.72 Å². The molecule has 6 nitrogen and oxygen atoms in total. The van der Waals surface area contributed by atoms with Crippen LogP contribution in [0, 0.1) is 19.7 Å².